The van der Waals surface area contributed by atoms with Crippen LogP contribution < -0.4 is 5.73 Å². The molecule has 0 saturated heterocycles. The van der Waals surface area contributed by atoms with Crippen LogP contribution >= 0.6 is 7.82 Å². The Morgan fingerprint density at radius 1 is 0.470 bits per heavy atom. The number of nitrogens with two attached hydrogens (primary N) is 1. The van der Waals surface area contributed by atoms with E-state index >= 15 is 0 Å². The molecule has 0 aromatic carbocycles. The Labute approximate surface area is 403 Å². The molecule has 0 amide bonds. The van der Waals surface area contributed by atoms with Gasteiger partial charge in [0, 0.05) is 12.8 Å². The van der Waals surface area contributed by atoms with E-state index in [0.717, 1.165) is 51.4 Å². The third-order valence-electron chi connectivity index (χ3n) is 11.5. The van der Waals surface area contributed by atoms with Crippen molar-refractivity contribution in [2.45, 2.75) is 257 Å². The van der Waals surface area contributed by atoms with Gasteiger partial charge in [-0.05, 0) is 77.0 Å². The highest BCUT2D eigenvalue weighted by Crippen LogP contribution is 2.43. The van der Waals surface area contributed by atoms with Crippen LogP contribution in [-0.4, -0.2) is 59.9 Å². The third kappa shape index (κ3) is 47.9. The maximum atomic E-state index is 12.7. The molecule has 0 spiro atoms. The van der Waals surface area contributed by atoms with Crippen molar-refractivity contribution in [1.29, 1.82) is 0 Å². The molecule has 0 heterocycles. The number of esters is 2. The van der Waals surface area contributed by atoms with Crippen molar-refractivity contribution in [3.63, 3.8) is 0 Å². The van der Waals surface area contributed by atoms with Crippen LogP contribution in [0.3, 0.4) is 0 Å². The number of aliphatic carboxylic acids is 1. The maximum absolute atomic E-state index is 12.7. The minimum atomic E-state index is -4.74. The van der Waals surface area contributed by atoms with Crippen LogP contribution in [0.2, 0.25) is 0 Å². The molecule has 0 fully saturated rings. The molecule has 66 heavy (non-hydrogen) atoms. The van der Waals surface area contributed by atoms with Crippen LogP contribution in [0.15, 0.2) is 48.6 Å². The van der Waals surface area contributed by atoms with Crippen LogP contribution in [-0.2, 0) is 37.5 Å². The van der Waals surface area contributed by atoms with E-state index in [1.54, 1.807) is 0 Å². The SMILES string of the molecule is CCCCC/C=C/C/C=C/CCCCCCCCCCCC(=O)OC[C@H](COP(=O)(O)OC[C@H](N)C(=O)O)OC(=O)CCC/C=C/CC/C=C/CCCCCCCCCCCCCCCC. The molecule has 0 radical (unpaired) electrons. The number of ether oxygens (including phenoxy) is 2. The van der Waals surface area contributed by atoms with Crippen molar-refractivity contribution in [1.82, 2.24) is 0 Å². The first-order valence-corrected chi connectivity index (χ1v) is 28.2. The smallest absolute Gasteiger partial charge is 0.472 e. The average molecular weight is 952 g/mol. The third-order valence-corrected chi connectivity index (χ3v) is 12.5. The highest BCUT2D eigenvalue weighted by Gasteiger charge is 2.28. The summed E-state index contributed by atoms with van der Waals surface area (Å²) >= 11 is 0. The zero-order valence-corrected chi connectivity index (χ0v) is 42.9. The Morgan fingerprint density at radius 2 is 0.833 bits per heavy atom. The molecule has 4 N–H and O–H groups in total. The van der Waals surface area contributed by atoms with E-state index in [-0.39, 0.29) is 19.4 Å². The molecule has 0 bridgehead atoms. The summed E-state index contributed by atoms with van der Waals surface area (Å²) in [5.74, 6) is -2.43. The van der Waals surface area contributed by atoms with Gasteiger partial charge in [0.15, 0.2) is 6.10 Å². The lowest BCUT2D eigenvalue weighted by atomic mass is 10.0. The molecule has 0 saturated carbocycles. The van der Waals surface area contributed by atoms with E-state index in [4.69, 9.17) is 24.8 Å². The van der Waals surface area contributed by atoms with Gasteiger partial charge in [-0.2, -0.15) is 0 Å². The molecule has 11 nitrogen and oxygen atoms in total. The van der Waals surface area contributed by atoms with Crippen molar-refractivity contribution >= 4 is 25.7 Å². The predicted molar refractivity (Wildman–Crippen MR) is 272 cm³/mol. The van der Waals surface area contributed by atoms with Crippen LogP contribution in [0.4, 0.5) is 0 Å². The second-order valence-electron chi connectivity index (χ2n) is 18.0. The Morgan fingerprint density at radius 3 is 1.32 bits per heavy atom. The highest BCUT2D eigenvalue weighted by molar-refractivity contribution is 7.47. The summed E-state index contributed by atoms with van der Waals surface area (Å²) in [7, 11) is -4.74. The van der Waals surface area contributed by atoms with Gasteiger partial charge in [-0.1, -0.05) is 204 Å². The molecule has 3 atom stereocenters. The van der Waals surface area contributed by atoms with E-state index in [1.165, 1.54) is 148 Å². The van der Waals surface area contributed by atoms with Gasteiger partial charge < -0.3 is 25.2 Å². The molecule has 0 aromatic heterocycles. The van der Waals surface area contributed by atoms with Gasteiger partial charge in [-0.3, -0.25) is 23.4 Å². The van der Waals surface area contributed by atoms with Gasteiger partial charge in [0.25, 0.3) is 0 Å². The van der Waals surface area contributed by atoms with Crippen molar-refractivity contribution < 1.29 is 47.5 Å². The molecule has 0 aliphatic carbocycles. The number of hydrogen-bond acceptors (Lipinski definition) is 9. The van der Waals surface area contributed by atoms with Gasteiger partial charge in [-0.25, -0.2) is 4.57 Å². The summed E-state index contributed by atoms with van der Waals surface area (Å²) in [5.41, 5.74) is 5.35. The molecule has 0 aliphatic rings. The number of allylic oxidation sites excluding steroid dienone is 8. The van der Waals surface area contributed by atoms with E-state index < -0.39 is 51.1 Å². The molecule has 384 valence electrons. The van der Waals surface area contributed by atoms with Gasteiger partial charge in [0.05, 0.1) is 13.2 Å². The number of phosphoric ester groups is 1. The van der Waals surface area contributed by atoms with E-state index in [0.29, 0.717) is 19.3 Å². The van der Waals surface area contributed by atoms with Gasteiger partial charge in [0.1, 0.15) is 12.6 Å². The summed E-state index contributed by atoms with van der Waals surface area (Å²) in [4.78, 5) is 46.2. The molecular formula is C54H98NO10P. The van der Waals surface area contributed by atoms with Crippen molar-refractivity contribution in [2.75, 3.05) is 19.8 Å². The number of rotatable bonds is 50. The van der Waals surface area contributed by atoms with Crippen molar-refractivity contribution in [3.05, 3.63) is 48.6 Å². The quantitative estimate of drug-likeness (QED) is 0.0229. The first kappa shape index (κ1) is 63.4. The first-order chi connectivity index (χ1) is 32.1. The van der Waals surface area contributed by atoms with Crippen molar-refractivity contribution in [3.8, 4) is 0 Å². The number of unbranched alkanes of at least 4 members (excludes halogenated alkanes) is 28. The lowest BCUT2D eigenvalue weighted by Crippen LogP contribution is -2.34. The average Bonchev–Trinajstić information content (AvgIpc) is 3.30. The first-order valence-electron chi connectivity index (χ1n) is 26.7. The Hall–Kier alpha value is -2.56. The highest BCUT2D eigenvalue weighted by atomic mass is 31.2. The van der Waals surface area contributed by atoms with Crippen LogP contribution in [0.5, 0.6) is 0 Å². The number of hydrogen-bond donors (Lipinski definition) is 3. The normalized spacial score (nSPS) is 13.9. The summed E-state index contributed by atoms with van der Waals surface area (Å²) in [6.07, 6.45) is 57.6. The molecule has 1 unspecified atom stereocenters. The lowest BCUT2D eigenvalue weighted by molar-refractivity contribution is -0.161. The fourth-order valence-corrected chi connectivity index (χ4v) is 8.13. The Kier molecular flexibility index (Phi) is 47.0. The molecule has 0 rings (SSSR count). The largest absolute Gasteiger partial charge is 0.480 e. The van der Waals surface area contributed by atoms with Crippen LogP contribution in [0, 0.1) is 0 Å². The summed E-state index contributed by atoms with van der Waals surface area (Å²) < 4.78 is 32.8. The zero-order chi connectivity index (χ0) is 48.4. The second kappa shape index (κ2) is 48.9. The van der Waals surface area contributed by atoms with Gasteiger partial charge in [0.2, 0.25) is 0 Å². The molecule has 0 aromatic rings. The molecular weight excluding hydrogens is 854 g/mol. The van der Waals surface area contributed by atoms with E-state index in [2.05, 4.69) is 67.0 Å². The van der Waals surface area contributed by atoms with E-state index in [9.17, 15) is 23.8 Å². The summed E-state index contributed by atoms with van der Waals surface area (Å²) in [5, 5.41) is 8.93. The lowest BCUT2D eigenvalue weighted by Gasteiger charge is -2.20. The number of carboxylic acids is 1. The van der Waals surface area contributed by atoms with Crippen molar-refractivity contribution in [2.24, 2.45) is 5.73 Å². The zero-order valence-electron chi connectivity index (χ0n) is 42.0. The fraction of sp³-hybridized carbons (Fsp3) is 0.796. The fourth-order valence-electron chi connectivity index (χ4n) is 7.35. The van der Waals surface area contributed by atoms with Gasteiger partial charge >= 0.3 is 25.7 Å². The van der Waals surface area contributed by atoms with Crippen LogP contribution in [0.1, 0.15) is 245 Å². The minimum Gasteiger partial charge on any atom is -0.480 e. The Balaban J connectivity index is 4.27. The Bertz CT molecular complexity index is 1300. The number of carboxylic acid groups (broad SMARTS) is 1. The summed E-state index contributed by atoms with van der Waals surface area (Å²) in [6, 6.07) is -1.53. The van der Waals surface area contributed by atoms with Gasteiger partial charge in [-0.15, -0.1) is 0 Å². The number of carbonyl (C=O) groups excluding carboxylic acids is 2. The van der Waals surface area contributed by atoms with Crippen LogP contribution in [0.25, 0.3) is 0 Å². The monoisotopic (exact) mass is 952 g/mol. The molecule has 12 heteroatoms. The molecule has 0 aliphatic heterocycles. The topological polar surface area (TPSA) is 172 Å². The predicted octanol–water partition coefficient (Wildman–Crippen LogP) is 15.3. The summed E-state index contributed by atoms with van der Waals surface area (Å²) in [6.45, 7) is 2.78. The maximum Gasteiger partial charge on any atom is 0.472 e. The number of carbonyl (C=O) groups is 3. The second-order valence-corrected chi connectivity index (χ2v) is 19.4. The number of phosphoric acid groups is 1. The minimum absolute atomic E-state index is 0.101. The standard InChI is InChI=1S/C54H98NO10P/c1-3-5-7-9-11-13-15-17-19-21-23-24-25-26-28-30-32-34-36-38-40-42-44-46-53(57)65-50(48-63-66(60,61)64-49-51(55)54(58)59)47-62-52(56)45-43-41-39-37-35-33-31-29-27-22-20-18-16-14-12-10-8-6-4-2/h12,14,18,20,30,32,38,40,50-51H,3-11,13,15-17,19,21-29,31,33-37,39,41-49,55H2,1-2H3,(H,58,59)(H,60,61)/b14-12+,20-18+,32-30+,40-38+/t50-,51+/m1/s1. The van der Waals surface area contributed by atoms with E-state index in [1.807, 2.05) is 0 Å².